The molecule has 0 N–H and O–H groups in total. The van der Waals surface area contributed by atoms with E-state index in [0.717, 1.165) is 26.2 Å². The minimum atomic E-state index is -0.343. The first-order chi connectivity index (χ1) is 13.6. The molecule has 0 aliphatic carbocycles. The second-order valence-corrected chi connectivity index (χ2v) is 8.39. The van der Waals surface area contributed by atoms with E-state index in [0.29, 0.717) is 21.5 Å². The predicted octanol–water partition coefficient (Wildman–Crippen LogP) is 3.81. The lowest BCUT2D eigenvalue weighted by Crippen LogP contribution is -2.50. The summed E-state index contributed by atoms with van der Waals surface area (Å²) in [6.07, 6.45) is 1.59. The minimum absolute atomic E-state index is 0.149. The number of halogens is 1. The van der Waals surface area contributed by atoms with Crippen LogP contribution in [-0.4, -0.2) is 52.9 Å². The van der Waals surface area contributed by atoms with Gasteiger partial charge in [0.05, 0.1) is 11.6 Å². The van der Waals surface area contributed by atoms with Crippen molar-refractivity contribution < 1.29 is 9.18 Å². The molecule has 4 rings (SSSR count). The quantitative estimate of drug-likeness (QED) is 0.561. The smallest absolute Gasteiger partial charge is 0.267 e. The molecule has 7 heteroatoms. The Labute approximate surface area is 173 Å². The van der Waals surface area contributed by atoms with Gasteiger partial charge in [0, 0.05) is 37.4 Å². The predicted molar refractivity (Wildman–Crippen MR) is 117 cm³/mol. The number of carbonyl (C=O) groups is 1. The zero-order valence-corrected chi connectivity index (χ0v) is 16.9. The molecule has 0 spiro atoms. The van der Waals surface area contributed by atoms with Gasteiger partial charge < -0.3 is 4.90 Å². The lowest BCUT2D eigenvalue weighted by atomic mass is 10.2. The third-order valence-electron chi connectivity index (χ3n) is 4.90. The summed E-state index contributed by atoms with van der Waals surface area (Å²) in [7, 11) is 0. The minimum Gasteiger partial charge on any atom is -0.369 e. The van der Waals surface area contributed by atoms with Crippen LogP contribution in [0.1, 0.15) is 5.56 Å². The van der Waals surface area contributed by atoms with Gasteiger partial charge in [0.25, 0.3) is 5.91 Å². The molecule has 0 aromatic heterocycles. The molecule has 2 aromatic carbocycles. The number of para-hydroxylation sites is 1. The number of thioether (sulfide) groups is 1. The number of amides is 1. The van der Waals surface area contributed by atoms with E-state index in [-0.39, 0.29) is 11.7 Å². The zero-order chi connectivity index (χ0) is 19.5. The van der Waals surface area contributed by atoms with Gasteiger partial charge in [-0.3, -0.25) is 14.6 Å². The SMILES string of the molecule is O=C1/C(=C/c2ccccc2F)SC(=S)N1CN1CCN(c2ccccc2)CC1. The Bertz CT molecular complexity index is 911. The lowest BCUT2D eigenvalue weighted by Gasteiger charge is -2.37. The maximum Gasteiger partial charge on any atom is 0.267 e. The summed E-state index contributed by atoms with van der Waals surface area (Å²) in [5.41, 5.74) is 1.63. The topological polar surface area (TPSA) is 26.8 Å². The van der Waals surface area contributed by atoms with Gasteiger partial charge in [-0.1, -0.05) is 60.4 Å². The Kier molecular flexibility index (Phi) is 5.75. The fourth-order valence-corrected chi connectivity index (χ4v) is 4.57. The molecule has 0 saturated carbocycles. The second kappa shape index (κ2) is 8.43. The van der Waals surface area contributed by atoms with Crippen molar-refractivity contribution in [2.45, 2.75) is 0 Å². The maximum atomic E-state index is 13.9. The van der Waals surface area contributed by atoms with E-state index in [2.05, 4.69) is 21.9 Å². The van der Waals surface area contributed by atoms with Crippen molar-refractivity contribution in [3.05, 3.63) is 70.9 Å². The Balaban J connectivity index is 1.39. The fourth-order valence-electron chi connectivity index (χ4n) is 3.34. The normalized spacial score (nSPS) is 19.7. The number of hydrogen-bond donors (Lipinski definition) is 0. The van der Waals surface area contributed by atoms with Crippen LogP contribution in [0.15, 0.2) is 59.5 Å². The summed E-state index contributed by atoms with van der Waals surface area (Å²) in [5.74, 6) is -0.492. The molecule has 144 valence electrons. The molecule has 0 bridgehead atoms. The molecule has 2 fully saturated rings. The van der Waals surface area contributed by atoms with Crippen molar-refractivity contribution in [1.29, 1.82) is 0 Å². The van der Waals surface area contributed by atoms with Crippen molar-refractivity contribution in [2.75, 3.05) is 37.7 Å². The van der Waals surface area contributed by atoms with Crippen molar-refractivity contribution in [1.82, 2.24) is 9.80 Å². The van der Waals surface area contributed by atoms with Crippen LogP contribution in [-0.2, 0) is 4.79 Å². The van der Waals surface area contributed by atoms with Gasteiger partial charge in [-0.05, 0) is 24.3 Å². The molecule has 2 aliphatic heterocycles. The molecule has 0 atom stereocenters. The number of anilines is 1. The number of benzene rings is 2. The van der Waals surface area contributed by atoms with E-state index in [1.54, 1.807) is 29.2 Å². The zero-order valence-electron chi connectivity index (χ0n) is 15.3. The molecule has 0 unspecified atom stereocenters. The van der Waals surface area contributed by atoms with E-state index in [1.807, 2.05) is 18.2 Å². The number of nitrogens with zero attached hydrogens (tertiary/aromatic N) is 3. The average molecular weight is 414 g/mol. The molecule has 2 saturated heterocycles. The summed E-state index contributed by atoms with van der Waals surface area (Å²) < 4.78 is 14.4. The highest BCUT2D eigenvalue weighted by atomic mass is 32.2. The van der Waals surface area contributed by atoms with E-state index in [1.165, 1.54) is 23.5 Å². The Morgan fingerprint density at radius 3 is 2.39 bits per heavy atom. The first kappa shape index (κ1) is 19.1. The van der Waals surface area contributed by atoms with Crippen LogP contribution >= 0.6 is 24.0 Å². The van der Waals surface area contributed by atoms with Gasteiger partial charge in [0.2, 0.25) is 0 Å². The highest BCUT2D eigenvalue weighted by molar-refractivity contribution is 8.26. The molecule has 2 aliphatic rings. The van der Waals surface area contributed by atoms with Crippen LogP contribution in [0.4, 0.5) is 10.1 Å². The monoisotopic (exact) mass is 413 g/mol. The summed E-state index contributed by atoms with van der Waals surface area (Å²) in [6, 6.07) is 16.8. The molecule has 28 heavy (non-hydrogen) atoms. The average Bonchev–Trinajstić information content (AvgIpc) is 2.98. The molecule has 2 heterocycles. The van der Waals surface area contributed by atoms with Gasteiger partial charge in [-0.2, -0.15) is 0 Å². The van der Waals surface area contributed by atoms with E-state index in [4.69, 9.17) is 12.2 Å². The summed E-state index contributed by atoms with van der Waals surface area (Å²) >= 11 is 6.64. The van der Waals surface area contributed by atoms with Gasteiger partial charge in [0.1, 0.15) is 10.1 Å². The van der Waals surface area contributed by atoms with Crippen LogP contribution in [0.3, 0.4) is 0 Å². The van der Waals surface area contributed by atoms with E-state index < -0.39 is 0 Å². The Morgan fingerprint density at radius 2 is 1.68 bits per heavy atom. The van der Waals surface area contributed by atoms with Crippen LogP contribution in [0.25, 0.3) is 6.08 Å². The fraction of sp³-hybridized carbons (Fsp3) is 0.238. The molecule has 1 amide bonds. The maximum absolute atomic E-state index is 13.9. The van der Waals surface area contributed by atoms with Crippen molar-refractivity contribution >= 4 is 46.0 Å². The highest BCUT2D eigenvalue weighted by Gasteiger charge is 2.34. The second-order valence-electron chi connectivity index (χ2n) is 6.71. The highest BCUT2D eigenvalue weighted by Crippen LogP contribution is 2.33. The number of rotatable bonds is 4. The Hall–Kier alpha value is -2.22. The van der Waals surface area contributed by atoms with Gasteiger partial charge in [-0.15, -0.1) is 0 Å². The molecular formula is C21H20FN3OS2. The summed E-state index contributed by atoms with van der Waals surface area (Å²) in [6.45, 7) is 4.01. The van der Waals surface area contributed by atoms with Crippen LogP contribution in [0.2, 0.25) is 0 Å². The van der Waals surface area contributed by atoms with Gasteiger partial charge in [-0.25, -0.2) is 4.39 Å². The van der Waals surface area contributed by atoms with Crippen molar-refractivity contribution in [3.63, 3.8) is 0 Å². The molecule has 2 aromatic rings. The van der Waals surface area contributed by atoms with E-state index in [9.17, 15) is 9.18 Å². The number of thiocarbonyl (C=S) groups is 1. The van der Waals surface area contributed by atoms with Gasteiger partial charge in [0.15, 0.2) is 0 Å². The van der Waals surface area contributed by atoms with Crippen molar-refractivity contribution in [3.8, 4) is 0 Å². The summed E-state index contributed by atoms with van der Waals surface area (Å²) in [5, 5.41) is 0. The first-order valence-corrected chi connectivity index (χ1v) is 10.4. The largest absolute Gasteiger partial charge is 0.369 e. The van der Waals surface area contributed by atoms with Gasteiger partial charge >= 0.3 is 0 Å². The third kappa shape index (κ3) is 4.11. The lowest BCUT2D eigenvalue weighted by molar-refractivity contribution is -0.123. The summed E-state index contributed by atoms with van der Waals surface area (Å²) in [4.78, 5) is 19.4. The third-order valence-corrected chi connectivity index (χ3v) is 6.28. The molecule has 4 nitrogen and oxygen atoms in total. The van der Waals surface area contributed by atoms with Crippen LogP contribution in [0, 0.1) is 5.82 Å². The van der Waals surface area contributed by atoms with Crippen LogP contribution < -0.4 is 4.90 Å². The van der Waals surface area contributed by atoms with E-state index >= 15 is 0 Å². The standard InChI is InChI=1S/C21H20FN3OS2/c22-18-9-5-4-6-16(18)14-19-20(26)25(21(27)28-19)15-23-10-12-24(13-11-23)17-7-2-1-3-8-17/h1-9,14H,10-13,15H2/b19-14-. The van der Waals surface area contributed by atoms with Crippen molar-refractivity contribution in [2.24, 2.45) is 0 Å². The molecule has 0 radical (unpaired) electrons. The van der Waals surface area contributed by atoms with Crippen LogP contribution in [0.5, 0.6) is 0 Å². The number of piperazine rings is 1. The number of hydrogen-bond acceptors (Lipinski definition) is 5. The number of carbonyl (C=O) groups excluding carboxylic acids is 1. The molecular weight excluding hydrogens is 393 g/mol. The first-order valence-electron chi connectivity index (χ1n) is 9.14. The Morgan fingerprint density at radius 1 is 1.00 bits per heavy atom.